The van der Waals surface area contributed by atoms with Crippen LogP contribution in [0.15, 0.2) is 24.7 Å². The van der Waals surface area contributed by atoms with Crippen molar-refractivity contribution < 1.29 is 4.79 Å². The largest absolute Gasteiger partial charge is 0.368 e. The lowest BCUT2D eigenvalue weighted by atomic mass is 10.1. The molecular weight excluding hydrogens is 382 g/mol. The normalized spacial score (nSPS) is 21.2. The summed E-state index contributed by atoms with van der Waals surface area (Å²) >= 11 is 0. The molecule has 10 heteroatoms. The van der Waals surface area contributed by atoms with Gasteiger partial charge in [0.05, 0.1) is 18.1 Å². The van der Waals surface area contributed by atoms with E-state index >= 15 is 0 Å². The van der Waals surface area contributed by atoms with Crippen molar-refractivity contribution in [1.82, 2.24) is 29.9 Å². The molecule has 0 unspecified atom stereocenters. The van der Waals surface area contributed by atoms with Gasteiger partial charge < -0.3 is 15.5 Å². The lowest BCUT2D eigenvalue weighted by molar-refractivity contribution is 0.257. The Morgan fingerprint density at radius 1 is 1.23 bits per heavy atom. The minimum atomic E-state index is -0.224. The maximum absolute atomic E-state index is 13.0. The molecule has 2 aliphatic rings. The Morgan fingerprint density at radius 3 is 2.83 bits per heavy atom. The number of anilines is 3. The van der Waals surface area contributed by atoms with Crippen LogP contribution in [0.3, 0.4) is 0 Å². The van der Waals surface area contributed by atoms with Gasteiger partial charge in [0.1, 0.15) is 11.6 Å². The van der Waals surface area contributed by atoms with Gasteiger partial charge in [-0.15, -0.1) is 0 Å². The number of aryl methyl sites for hydroxylation is 1. The Balaban J connectivity index is 1.38. The van der Waals surface area contributed by atoms with Gasteiger partial charge >= 0.3 is 6.03 Å². The van der Waals surface area contributed by atoms with E-state index in [-0.39, 0.29) is 6.03 Å². The third-order valence-electron chi connectivity index (χ3n) is 5.54. The van der Waals surface area contributed by atoms with E-state index in [0.717, 1.165) is 30.9 Å². The first-order chi connectivity index (χ1) is 14.5. The number of hydrogen-bond acceptors (Lipinski definition) is 7. The van der Waals surface area contributed by atoms with E-state index < -0.39 is 0 Å². The van der Waals surface area contributed by atoms with Crippen molar-refractivity contribution in [2.75, 3.05) is 34.8 Å². The number of carbonyl (C=O) groups excluding carboxylic acids is 1. The Kier molecular flexibility index (Phi) is 4.50. The quantitative estimate of drug-likeness (QED) is 0.665. The maximum Gasteiger partial charge on any atom is 0.327 e. The molecule has 1 saturated heterocycles. The summed E-state index contributed by atoms with van der Waals surface area (Å²) < 4.78 is 1.56. The van der Waals surface area contributed by atoms with E-state index in [9.17, 15) is 4.79 Å². The van der Waals surface area contributed by atoms with E-state index in [4.69, 9.17) is 0 Å². The molecule has 2 N–H and O–H groups in total. The monoisotopic (exact) mass is 407 g/mol. The van der Waals surface area contributed by atoms with Crippen LogP contribution in [-0.2, 0) is 6.42 Å². The van der Waals surface area contributed by atoms with Gasteiger partial charge in [-0.05, 0) is 33.3 Å². The minimum Gasteiger partial charge on any atom is -0.368 e. The van der Waals surface area contributed by atoms with Crippen LogP contribution in [0.25, 0.3) is 5.78 Å². The molecule has 0 bridgehead atoms. The number of urea groups is 1. The number of nitrogens with one attached hydrogen (secondary N) is 2. The topological polar surface area (TPSA) is 104 Å². The zero-order chi connectivity index (χ0) is 20.8. The summed E-state index contributed by atoms with van der Waals surface area (Å²) in [4.78, 5) is 30.1. The van der Waals surface area contributed by atoms with E-state index in [1.807, 2.05) is 0 Å². The first-order valence-corrected chi connectivity index (χ1v) is 10.2. The van der Waals surface area contributed by atoms with E-state index in [0.29, 0.717) is 35.9 Å². The Morgan fingerprint density at radius 2 is 2.03 bits per heavy atom. The van der Waals surface area contributed by atoms with Gasteiger partial charge in [0.25, 0.3) is 5.78 Å². The molecule has 2 aliphatic heterocycles. The molecule has 10 nitrogen and oxygen atoms in total. The average Bonchev–Trinajstić information content (AvgIpc) is 3.29. The first kappa shape index (κ1) is 18.7. The molecule has 0 saturated carbocycles. The molecule has 5 rings (SSSR count). The average molecular weight is 407 g/mol. The van der Waals surface area contributed by atoms with Crippen molar-refractivity contribution in [3.8, 4) is 0 Å². The van der Waals surface area contributed by atoms with Crippen molar-refractivity contribution in [2.24, 2.45) is 0 Å². The molecule has 2 atom stereocenters. The third kappa shape index (κ3) is 3.32. The van der Waals surface area contributed by atoms with Gasteiger partial charge in [-0.2, -0.15) is 10.1 Å². The predicted octanol–water partition coefficient (Wildman–Crippen LogP) is 1.61. The summed E-state index contributed by atoms with van der Waals surface area (Å²) in [5.41, 5.74) is 2.87. The fourth-order valence-electron chi connectivity index (χ4n) is 4.43. The van der Waals surface area contributed by atoms with E-state index in [1.165, 1.54) is 5.69 Å². The Labute approximate surface area is 174 Å². The van der Waals surface area contributed by atoms with Gasteiger partial charge in [0.15, 0.2) is 0 Å². The highest BCUT2D eigenvalue weighted by Gasteiger charge is 2.31. The smallest absolute Gasteiger partial charge is 0.327 e. The van der Waals surface area contributed by atoms with Crippen LogP contribution in [0.4, 0.5) is 22.0 Å². The summed E-state index contributed by atoms with van der Waals surface area (Å²) in [5, 5.41) is 10.7. The van der Waals surface area contributed by atoms with Crippen LogP contribution in [0.1, 0.15) is 25.2 Å². The van der Waals surface area contributed by atoms with Crippen molar-refractivity contribution in [3.05, 3.63) is 36.0 Å². The van der Waals surface area contributed by atoms with Crippen molar-refractivity contribution in [3.63, 3.8) is 0 Å². The third-order valence-corrected chi connectivity index (χ3v) is 5.54. The molecule has 0 spiro atoms. The molecular formula is C20H25N9O. The Hall–Kier alpha value is -3.27. The van der Waals surface area contributed by atoms with E-state index in [1.54, 1.807) is 34.9 Å². The fraction of sp³-hybridized carbons (Fsp3) is 0.450. The second-order valence-corrected chi connectivity index (χ2v) is 8.08. The van der Waals surface area contributed by atoms with Gasteiger partial charge in [0, 0.05) is 49.2 Å². The molecule has 156 valence electrons. The summed E-state index contributed by atoms with van der Waals surface area (Å²) in [6.07, 6.45) is 5.89. The number of amides is 2. The number of piperazine rings is 1. The van der Waals surface area contributed by atoms with Crippen LogP contribution in [-0.4, -0.2) is 62.3 Å². The van der Waals surface area contributed by atoms with Gasteiger partial charge in [-0.3, -0.25) is 4.90 Å². The molecule has 3 aromatic rings. The molecule has 3 aromatic heterocycles. The van der Waals surface area contributed by atoms with Crippen molar-refractivity contribution in [1.29, 1.82) is 0 Å². The second kappa shape index (κ2) is 7.21. The molecule has 30 heavy (non-hydrogen) atoms. The van der Waals surface area contributed by atoms with Crippen molar-refractivity contribution in [2.45, 2.75) is 39.3 Å². The summed E-state index contributed by atoms with van der Waals surface area (Å²) in [6.45, 7) is 8.68. The van der Waals surface area contributed by atoms with Gasteiger partial charge in [-0.1, -0.05) is 0 Å². The molecule has 1 fully saturated rings. The summed E-state index contributed by atoms with van der Waals surface area (Å²) in [5.74, 6) is 1.87. The first-order valence-electron chi connectivity index (χ1n) is 10.2. The van der Waals surface area contributed by atoms with Crippen LogP contribution in [0.2, 0.25) is 0 Å². The summed E-state index contributed by atoms with van der Waals surface area (Å²) in [6, 6.07) is 2.68. The van der Waals surface area contributed by atoms with Crippen molar-refractivity contribution >= 4 is 29.0 Å². The lowest BCUT2D eigenvalue weighted by Gasteiger charge is -2.38. The minimum absolute atomic E-state index is 0.224. The van der Waals surface area contributed by atoms with Gasteiger partial charge in [0.2, 0.25) is 0 Å². The molecule has 0 radical (unpaired) electrons. The number of carbonyl (C=O) groups is 1. The Bertz CT molecular complexity index is 1100. The zero-order valence-corrected chi connectivity index (χ0v) is 17.3. The molecule has 0 aliphatic carbocycles. The highest BCUT2D eigenvalue weighted by atomic mass is 16.2. The second-order valence-electron chi connectivity index (χ2n) is 8.08. The maximum atomic E-state index is 13.0. The predicted molar refractivity (Wildman–Crippen MR) is 114 cm³/mol. The molecule has 2 amide bonds. The zero-order valence-electron chi connectivity index (χ0n) is 17.3. The number of fused-ring (bicyclic) bond motifs is 2. The number of nitrogens with zero attached hydrogens (tertiary/aromatic N) is 7. The number of rotatable bonds is 2. The molecule has 0 aromatic carbocycles. The SMILES string of the molecule is Cc1nc2ncc(NC(=O)N3CCc4c(N5C[C@@H](C)N[C@@H](C)C5)ccnc43)cn2n1. The standard InChI is InChI=1S/C20H25N9O/c1-12-9-27(10-13(2)23-12)17-4-6-21-18-16(17)5-7-28(18)20(30)25-15-8-22-19-24-14(3)26-29(19)11-15/h4,6,8,11-13,23H,5,7,9-10H2,1-3H3,(H,25,30)/t12-,13+. The highest BCUT2D eigenvalue weighted by molar-refractivity contribution is 6.02. The van der Waals surface area contributed by atoms with Crippen LogP contribution in [0, 0.1) is 6.92 Å². The number of hydrogen-bond donors (Lipinski definition) is 2. The van der Waals surface area contributed by atoms with Crippen LogP contribution in [0.5, 0.6) is 0 Å². The lowest BCUT2D eigenvalue weighted by Crippen LogP contribution is -2.54. The number of aromatic nitrogens is 5. The van der Waals surface area contributed by atoms with Gasteiger partial charge in [-0.25, -0.2) is 19.3 Å². The van der Waals surface area contributed by atoms with E-state index in [2.05, 4.69) is 55.5 Å². The molecule has 5 heterocycles. The number of pyridine rings is 1. The summed E-state index contributed by atoms with van der Waals surface area (Å²) in [7, 11) is 0. The van der Waals surface area contributed by atoms with Crippen LogP contribution >= 0.6 is 0 Å². The highest BCUT2D eigenvalue weighted by Crippen LogP contribution is 2.34. The van der Waals surface area contributed by atoms with Crippen LogP contribution < -0.4 is 20.4 Å². The fourth-order valence-corrected chi connectivity index (χ4v) is 4.43.